The zero-order chi connectivity index (χ0) is 12.3. The molecule has 17 heavy (non-hydrogen) atoms. The third-order valence-corrected chi connectivity index (χ3v) is 2.72. The van der Waals surface area contributed by atoms with E-state index >= 15 is 0 Å². The van der Waals surface area contributed by atoms with Gasteiger partial charge in [0.25, 0.3) is 0 Å². The Morgan fingerprint density at radius 2 is 2.29 bits per heavy atom. The molecule has 2 aromatic rings. The summed E-state index contributed by atoms with van der Waals surface area (Å²) in [5, 5.41) is 7.11. The van der Waals surface area contributed by atoms with Crippen LogP contribution in [0.3, 0.4) is 0 Å². The van der Waals surface area contributed by atoms with Crippen molar-refractivity contribution in [2.75, 3.05) is 7.05 Å². The lowest BCUT2D eigenvalue weighted by Gasteiger charge is -2.04. The molecule has 5 nitrogen and oxygen atoms in total. The molecule has 5 heteroatoms. The van der Waals surface area contributed by atoms with Gasteiger partial charge in [-0.2, -0.15) is 4.98 Å². The second-order valence-electron chi connectivity index (χ2n) is 4.10. The minimum atomic E-state index is 0.318. The van der Waals surface area contributed by atoms with Crippen LogP contribution in [-0.4, -0.2) is 28.2 Å². The van der Waals surface area contributed by atoms with Gasteiger partial charge < -0.3 is 9.84 Å². The first-order valence-corrected chi connectivity index (χ1v) is 5.61. The first kappa shape index (κ1) is 11.7. The highest BCUT2D eigenvalue weighted by molar-refractivity contribution is 5.57. The normalized spacial score (nSPS) is 12.6. The molecular weight excluding hydrogens is 216 g/mol. The van der Waals surface area contributed by atoms with Gasteiger partial charge in [-0.15, -0.1) is 0 Å². The van der Waals surface area contributed by atoms with Crippen LogP contribution in [0.5, 0.6) is 0 Å². The Kier molecular flexibility index (Phi) is 3.49. The van der Waals surface area contributed by atoms with Crippen molar-refractivity contribution in [1.29, 1.82) is 0 Å². The van der Waals surface area contributed by atoms with Gasteiger partial charge in [0.1, 0.15) is 0 Å². The summed E-state index contributed by atoms with van der Waals surface area (Å²) in [6, 6.07) is 2.25. The quantitative estimate of drug-likeness (QED) is 0.867. The number of rotatable bonds is 4. The van der Waals surface area contributed by atoms with E-state index in [0.717, 1.165) is 17.5 Å². The van der Waals surface area contributed by atoms with E-state index in [1.54, 1.807) is 12.4 Å². The van der Waals surface area contributed by atoms with Crippen LogP contribution in [0.25, 0.3) is 11.4 Å². The summed E-state index contributed by atoms with van der Waals surface area (Å²) in [5.74, 6) is 1.25. The lowest BCUT2D eigenvalue weighted by molar-refractivity contribution is 0.365. The highest BCUT2D eigenvalue weighted by atomic mass is 16.5. The molecule has 2 aromatic heterocycles. The Balaban J connectivity index is 2.21. The van der Waals surface area contributed by atoms with Crippen molar-refractivity contribution in [3.05, 3.63) is 29.9 Å². The molecule has 0 amide bonds. The maximum Gasteiger partial charge on any atom is 0.228 e. The first-order valence-electron chi connectivity index (χ1n) is 5.61. The summed E-state index contributed by atoms with van der Waals surface area (Å²) >= 11 is 0. The van der Waals surface area contributed by atoms with Crippen molar-refractivity contribution in [2.45, 2.75) is 26.3 Å². The van der Waals surface area contributed by atoms with Crippen LogP contribution >= 0.6 is 0 Å². The van der Waals surface area contributed by atoms with Crippen LogP contribution in [0.4, 0.5) is 0 Å². The number of likely N-dealkylation sites (N-methyl/N-ethyl adjacent to an activating group) is 1. The van der Waals surface area contributed by atoms with Crippen molar-refractivity contribution in [3.8, 4) is 11.4 Å². The zero-order valence-electron chi connectivity index (χ0n) is 10.3. The largest absolute Gasteiger partial charge is 0.339 e. The lowest BCUT2D eigenvalue weighted by Crippen LogP contribution is -2.23. The van der Waals surface area contributed by atoms with Crippen molar-refractivity contribution in [2.24, 2.45) is 0 Å². The van der Waals surface area contributed by atoms with Gasteiger partial charge in [0.05, 0.1) is 0 Å². The summed E-state index contributed by atoms with van der Waals surface area (Å²) in [6.07, 6.45) is 4.23. The molecule has 0 aliphatic carbocycles. The number of aromatic nitrogens is 3. The fourth-order valence-electron chi connectivity index (χ4n) is 1.51. The Bertz CT molecular complexity index is 495. The van der Waals surface area contributed by atoms with Crippen LogP contribution in [-0.2, 0) is 6.42 Å². The maximum atomic E-state index is 5.22. The SMILES string of the molecule is CNC(C)Cc1nc(-c2cnccc2C)no1. The van der Waals surface area contributed by atoms with Crippen LogP contribution in [0.2, 0.25) is 0 Å². The third-order valence-electron chi connectivity index (χ3n) is 2.72. The Labute approximate surface area is 100 Å². The van der Waals surface area contributed by atoms with E-state index in [4.69, 9.17) is 4.52 Å². The van der Waals surface area contributed by atoms with Crippen molar-refractivity contribution >= 4 is 0 Å². The van der Waals surface area contributed by atoms with Gasteiger partial charge in [-0.25, -0.2) is 0 Å². The average molecular weight is 232 g/mol. The predicted molar refractivity (Wildman–Crippen MR) is 64.5 cm³/mol. The lowest BCUT2D eigenvalue weighted by atomic mass is 10.1. The Hall–Kier alpha value is -1.75. The number of nitrogens with zero attached hydrogens (tertiary/aromatic N) is 3. The van der Waals surface area contributed by atoms with Crippen LogP contribution in [0.1, 0.15) is 18.4 Å². The van der Waals surface area contributed by atoms with Crippen molar-refractivity contribution < 1.29 is 4.52 Å². The molecule has 1 N–H and O–H groups in total. The van der Waals surface area contributed by atoms with Gasteiger partial charge in [0.2, 0.25) is 11.7 Å². The van der Waals surface area contributed by atoms with E-state index < -0.39 is 0 Å². The fraction of sp³-hybridized carbons (Fsp3) is 0.417. The van der Waals surface area contributed by atoms with E-state index in [-0.39, 0.29) is 0 Å². The minimum absolute atomic E-state index is 0.318. The van der Waals surface area contributed by atoms with Crippen LogP contribution < -0.4 is 5.32 Å². The number of nitrogens with one attached hydrogen (secondary N) is 1. The zero-order valence-corrected chi connectivity index (χ0v) is 10.3. The standard InChI is InChI=1S/C12H16N4O/c1-8-4-5-14-7-10(8)12-15-11(17-16-12)6-9(2)13-3/h4-5,7,9,13H,6H2,1-3H3. The van der Waals surface area contributed by atoms with E-state index in [9.17, 15) is 0 Å². The van der Waals surface area contributed by atoms with Gasteiger partial charge >= 0.3 is 0 Å². The summed E-state index contributed by atoms with van der Waals surface area (Å²) in [4.78, 5) is 8.45. The molecule has 0 fully saturated rings. The maximum absolute atomic E-state index is 5.22. The van der Waals surface area contributed by atoms with Gasteiger partial charge in [0.15, 0.2) is 0 Å². The smallest absolute Gasteiger partial charge is 0.228 e. The van der Waals surface area contributed by atoms with Gasteiger partial charge in [0, 0.05) is 30.4 Å². The van der Waals surface area contributed by atoms with Gasteiger partial charge in [-0.05, 0) is 32.5 Å². The molecular formula is C12H16N4O. The summed E-state index contributed by atoms with van der Waals surface area (Å²) in [7, 11) is 1.91. The number of hydrogen-bond donors (Lipinski definition) is 1. The van der Waals surface area contributed by atoms with Crippen molar-refractivity contribution in [3.63, 3.8) is 0 Å². The molecule has 0 saturated heterocycles. The molecule has 0 aliphatic rings. The van der Waals surface area contributed by atoms with Crippen molar-refractivity contribution in [1.82, 2.24) is 20.4 Å². The summed E-state index contributed by atoms with van der Waals surface area (Å²) in [6.45, 7) is 4.07. The minimum Gasteiger partial charge on any atom is -0.339 e. The monoisotopic (exact) mass is 232 g/mol. The molecule has 0 spiro atoms. The predicted octanol–water partition coefficient (Wildman–Crippen LogP) is 1.59. The average Bonchev–Trinajstić information content (AvgIpc) is 2.78. The van der Waals surface area contributed by atoms with Crippen LogP contribution in [0, 0.1) is 6.92 Å². The molecule has 2 heterocycles. The fourth-order valence-corrected chi connectivity index (χ4v) is 1.51. The molecule has 0 bridgehead atoms. The van der Waals surface area contributed by atoms with E-state index in [0.29, 0.717) is 17.8 Å². The van der Waals surface area contributed by atoms with E-state index in [1.165, 1.54) is 0 Å². The van der Waals surface area contributed by atoms with E-state index in [1.807, 2.05) is 20.0 Å². The molecule has 0 saturated carbocycles. The molecule has 2 rings (SSSR count). The Morgan fingerprint density at radius 1 is 1.47 bits per heavy atom. The number of pyridine rings is 1. The topological polar surface area (TPSA) is 63.8 Å². The van der Waals surface area contributed by atoms with Crippen LogP contribution in [0.15, 0.2) is 23.0 Å². The number of hydrogen-bond acceptors (Lipinski definition) is 5. The molecule has 1 unspecified atom stereocenters. The van der Waals surface area contributed by atoms with Gasteiger partial charge in [-0.3, -0.25) is 4.98 Å². The second-order valence-corrected chi connectivity index (χ2v) is 4.10. The highest BCUT2D eigenvalue weighted by Gasteiger charge is 2.12. The van der Waals surface area contributed by atoms with E-state index in [2.05, 4.69) is 27.4 Å². The molecule has 0 aromatic carbocycles. The van der Waals surface area contributed by atoms with Gasteiger partial charge in [-0.1, -0.05) is 5.16 Å². The molecule has 1 atom stereocenters. The third kappa shape index (κ3) is 2.68. The second kappa shape index (κ2) is 5.05. The highest BCUT2D eigenvalue weighted by Crippen LogP contribution is 2.18. The summed E-state index contributed by atoms with van der Waals surface area (Å²) < 4.78 is 5.22. The molecule has 0 radical (unpaired) electrons. The summed E-state index contributed by atoms with van der Waals surface area (Å²) in [5.41, 5.74) is 2.01. The number of aryl methyl sites for hydroxylation is 1. The first-order chi connectivity index (χ1) is 8.20. The molecule has 0 aliphatic heterocycles. The Morgan fingerprint density at radius 3 is 3.00 bits per heavy atom. The molecule has 90 valence electrons.